The van der Waals surface area contributed by atoms with Crippen LogP contribution in [0.15, 0.2) is 0 Å². The van der Waals surface area contributed by atoms with Crippen molar-refractivity contribution >= 4 is 12.3 Å². The SMILES string of the molecule is CC(C)(C)OC(=O)[C@@H]1CNC[C@H]1C=O. The van der Waals surface area contributed by atoms with E-state index in [0.717, 1.165) is 6.29 Å². The fourth-order valence-corrected chi connectivity index (χ4v) is 1.48. The Balaban J connectivity index is 2.56. The van der Waals surface area contributed by atoms with Gasteiger partial charge in [-0.1, -0.05) is 0 Å². The average molecular weight is 199 g/mol. The summed E-state index contributed by atoms with van der Waals surface area (Å²) >= 11 is 0. The Hall–Kier alpha value is -0.900. The number of nitrogens with one attached hydrogen (secondary N) is 1. The molecule has 1 heterocycles. The van der Waals surface area contributed by atoms with Crippen LogP contribution in [0.2, 0.25) is 0 Å². The predicted octanol–water partition coefficient (Wildman–Crippen LogP) is 0.363. The molecule has 0 saturated carbocycles. The lowest BCUT2D eigenvalue weighted by molar-refractivity contribution is -0.161. The maximum Gasteiger partial charge on any atom is 0.311 e. The average Bonchev–Trinajstić information content (AvgIpc) is 2.47. The van der Waals surface area contributed by atoms with Crippen LogP contribution < -0.4 is 5.32 Å². The molecular formula is C10H17NO3. The Morgan fingerprint density at radius 3 is 2.57 bits per heavy atom. The molecule has 1 fully saturated rings. The zero-order chi connectivity index (χ0) is 10.8. The van der Waals surface area contributed by atoms with Crippen molar-refractivity contribution in [3.8, 4) is 0 Å². The molecule has 1 N–H and O–H groups in total. The van der Waals surface area contributed by atoms with Crippen molar-refractivity contribution in [2.24, 2.45) is 11.8 Å². The number of hydrogen-bond donors (Lipinski definition) is 1. The molecule has 0 aromatic heterocycles. The summed E-state index contributed by atoms with van der Waals surface area (Å²) < 4.78 is 5.22. The summed E-state index contributed by atoms with van der Waals surface area (Å²) in [6, 6.07) is 0. The van der Waals surface area contributed by atoms with Crippen molar-refractivity contribution in [3.05, 3.63) is 0 Å². The highest BCUT2D eigenvalue weighted by Crippen LogP contribution is 2.19. The summed E-state index contributed by atoms with van der Waals surface area (Å²) in [7, 11) is 0. The molecule has 4 heteroatoms. The first-order valence-corrected chi connectivity index (χ1v) is 4.83. The van der Waals surface area contributed by atoms with Crippen molar-refractivity contribution in [1.29, 1.82) is 0 Å². The topological polar surface area (TPSA) is 55.4 Å². The van der Waals surface area contributed by atoms with E-state index in [0.29, 0.717) is 13.1 Å². The molecule has 0 aromatic carbocycles. The van der Waals surface area contributed by atoms with Crippen molar-refractivity contribution in [2.45, 2.75) is 26.4 Å². The summed E-state index contributed by atoms with van der Waals surface area (Å²) in [6.45, 7) is 6.58. The smallest absolute Gasteiger partial charge is 0.311 e. The molecule has 1 aliphatic rings. The number of rotatable bonds is 2. The first-order valence-electron chi connectivity index (χ1n) is 4.83. The monoisotopic (exact) mass is 199 g/mol. The maximum atomic E-state index is 11.6. The van der Waals surface area contributed by atoms with E-state index >= 15 is 0 Å². The number of ether oxygens (including phenoxy) is 1. The lowest BCUT2D eigenvalue weighted by atomic mass is 9.97. The third-order valence-electron chi connectivity index (χ3n) is 2.15. The van der Waals surface area contributed by atoms with Crippen molar-refractivity contribution in [1.82, 2.24) is 5.32 Å². The molecule has 0 aromatic rings. The molecule has 0 unspecified atom stereocenters. The quantitative estimate of drug-likeness (QED) is 0.515. The van der Waals surface area contributed by atoms with Gasteiger partial charge in [0.25, 0.3) is 0 Å². The first kappa shape index (κ1) is 11.2. The van der Waals surface area contributed by atoms with Crippen LogP contribution >= 0.6 is 0 Å². The van der Waals surface area contributed by atoms with E-state index in [1.165, 1.54) is 0 Å². The van der Waals surface area contributed by atoms with Gasteiger partial charge in [0.2, 0.25) is 0 Å². The molecule has 0 bridgehead atoms. The highest BCUT2D eigenvalue weighted by atomic mass is 16.6. The maximum absolute atomic E-state index is 11.6. The molecule has 1 aliphatic heterocycles. The number of aldehydes is 1. The van der Waals surface area contributed by atoms with E-state index in [-0.39, 0.29) is 17.8 Å². The van der Waals surface area contributed by atoms with E-state index < -0.39 is 5.60 Å². The van der Waals surface area contributed by atoms with Crippen LogP contribution in [0, 0.1) is 11.8 Å². The number of esters is 1. The van der Waals surface area contributed by atoms with Gasteiger partial charge in [-0.2, -0.15) is 0 Å². The normalized spacial score (nSPS) is 27.4. The molecule has 80 valence electrons. The van der Waals surface area contributed by atoms with Gasteiger partial charge < -0.3 is 14.8 Å². The molecular weight excluding hydrogens is 182 g/mol. The standard InChI is InChI=1S/C10H17NO3/c1-10(2,3)14-9(13)8-5-11-4-7(8)6-12/h6-8,11H,4-5H2,1-3H3/t7-,8+/m0/s1. The second kappa shape index (κ2) is 4.09. The molecule has 14 heavy (non-hydrogen) atoms. The minimum atomic E-state index is -0.479. The minimum Gasteiger partial charge on any atom is -0.460 e. The van der Waals surface area contributed by atoms with E-state index in [1.807, 2.05) is 20.8 Å². The van der Waals surface area contributed by atoms with E-state index in [1.54, 1.807) is 0 Å². The van der Waals surface area contributed by atoms with Crippen LogP contribution in [-0.2, 0) is 14.3 Å². The fourth-order valence-electron chi connectivity index (χ4n) is 1.48. The minimum absolute atomic E-state index is 0.232. The van der Waals surface area contributed by atoms with Gasteiger partial charge in [0, 0.05) is 19.0 Å². The third-order valence-corrected chi connectivity index (χ3v) is 2.15. The number of hydrogen-bond acceptors (Lipinski definition) is 4. The van der Waals surface area contributed by atoms with E-state index in [4.69, 9.17) is 4.74 Å². The van der Waals surface area contributed by atoms with Gasteiger partial charge in [-0.3, -0.25) is 4.79 Å². The second-order valence-corrected chi connectivity index (χ2v) is 4.60. The van der Waals surface area contributed by atoms with Gasteiger partial charge in [-0.05, 0) is 20.8 Å². The fraction of sp³-hybridized carbons (Fsp3) is 0.800. The summed E-state index contributed by atoms with van der Waals surface area (Å²) in [5, 5.41) is 3.01. The summed E-state index contributed by atoms with van der Waals surface area (Å²) in [5.74, 6) is -0.823. The molecule has 2 atom stereocenters. The molecule has 4 nitrogen and oxygen atoms in total. The number of carbonyl (C=O) groups is 2. The summed E-state index contributed by atoms with van der Waals surface area (Å²) in [4.78, 5) is 22.2. The van der Waals surface area contributed by atoms with Gasteiger partial charge >= 0.3 is 5.97 Å². The van der Waals surface area contributed by atoms with Crippen LogP contribution in [-0.4, -0.2) is 30.9 Å². The third kappa shape index (κ3) is 2.80. The zero-order valence-electron chi connectivity index (χ0n) is 8.87. The lowest BCUT2D eigenvalue weighted by Gasteiger charge is -2.22. The highest BCUT2D eigenvalue weighted by molar-refractivity contribution is 5.78. The molecule has 1 rings (SSSR count). The summed E-state index contributed by atoms with van der Waals surface area (Å²) in [5.41, 5.74) is -0.479. The second-order valence-electron chi connectivity index (χ2n) is 4.60. The van der Waals surface area contributed by atoms with Crippen molar-refractivity contribution < 1.29 is 14.3 Å². The van der Waals surface area contributed by atoms with E-state index in [9.17, 15) is 9.59 Å². The molecule has 0 radical (unpaired) electrons. The van der Waals surface area contributed by atoms with Crippen LogP contribution in [0.1, 0.15) is 20.8 Å². The van der Waals surface area contributed by atoms with Crippen molar-refractivity contribution in [2.75, 3.05) is 13.1 Å². The van der Waals surface area contributed by atoms with Gasteiger partial charge in [-0.15, -0.1) is 0 Å². The molecule has 1 saturated heterocycles. The Morgan fingerprint density at radius 1 is 1.43 bits per heavy atom. The highest BCUT2D eigenvalue weighted by Gasteiger charge is 2.35. The summed E-state index contributed by atoms with van der Waals surface area (Å²) in [6.07, 6.45) is 0.828. The Bertz CT molecular complexity index is 232. The zero-order valence-corrected chi connectivity index (χ0v) is 8.87. The van der Waals surface area contributed by atoms with Crippen molar-refractivity contribution in [3.63, 3.8) is 0 Å². The molecule has 0 spiro atoms. The van der Waals surface area contributed by atoms with Gasteiger partial charge in [0.1, 0.15) is 11.9 Å². The molecule has 0 amide bonds. The van der Waals surface area contributed by atoms with Gasteiger partial charge in [0.05, 0.1) is 5.92 Å². The molecule has 0 aliphatic carbocycles. The lowest BCUT2D eigenvalue weighted by Crippen LogP contribution is -2.32. The largest absolute Gasteiger partial charge is 0.460 e. The van der Waals surface area contributed by atoms with Crippen LogP contribution in [0.4, 0.5) is 0 Å². The van der Waals surface area contributed by atoms with E-state index in [2.05, 4.69) is 5.32 Å². The predicted molar refractivity (Wildman–Crippen MR) is 51.8 cm³/mol. The Kier molecular flexibility index (Phi) is 3.26. The Labute approximate surface area is 84.0 Å². The number of carbonyl (C=O) groups excluding carboxylic acids is 2. The first-order chi connectivity index (χ1) is 6.44. The van der Waals surface area contributed by atoms with Crippen LogP contribution in [0.5, 0.6) is 0 Å². The van der Waals surface area contributed by atoms with Gasteiger partial charge in [0.15, 0.2) is 0 Å². The van der Waals surface area contributed by atoms with Crippen LogP contribution in [0.25, 0.3) is 0 Å². The van der Waals surface area contributed by atoms with Crippen LogP contribution in [0.3, 0.4) is 0 Å². The van der Waals surface area contributed by atoms with Gasteiger partial charge in [-0.25, -0.2) is 0 Å². The Morgan fingerprint density at radius 2 is 2.07 bits per heavy atom.